The molecule has 0 aliphatic rings. The van der Waals surface area contributed by atoms with Crippen molar-refractivity contribution in [2.24, 2.45) is 0 Å². The lowest BCUT2D eigenvalue weighted by molar-refractivity contribution is 1.31. The minimum atomic E-state index is 0.691. The van der Waals surface area contributed by atoms with Gasteiger partial charge in [0.15, 0.2) is 0 Å². The fourth-order valence-corrected chi connectivity index (χ4v) is 1.88. The second-order valence-electron chi connectivity index (χ2n) is 4.77. The van der Waals surface area contributed by atoms with Crippen LogP contribution in [-0.4, -0.2) is 4.98 Å². The summed E-state index contributed by atoms with van der Waals surface area (Å²) in [6, 6.07) is 10.2. The summed E-state index contributed by atoms with van der Waals surface area (Å²) in [4.78, 5) is 4.34. The molecular weight excluding hydrogens is 220 g/mol. The zero-order chi connectivity index (χ0) is 13.1. The number of pyridine rings is 1. The van der Waals surface area contributed by atoms with E-state index < -0.39 is 0 Å². The van der Waals surface area contributed by atoms with Gasteiger partial charge in [0.2, 0.25) is 0 Å². The molecule has 0 saturated carbocycles. The molecule has 92 valence electrons. The van der Waals surface area contributed by atoms with Gasteiger partial charge < -0.3 is 5.73 Å². The predicted octanol–water partition coefficient (Wildman–Crippen LogP) is 4.06. The van der Waals surface area contributed by atoms with Crippen LogP contribution in [0.25, 0.3) is 17.3 Å². The van der Waals surface area contributed by atoms with Crippen LogP contribution >= 0.6 is 0 Å². The molecule has 0 atom stereocenters. The zero-order valence-electron chi connectivity index (χ0n) is 11.1. The number of hydrogen-bond acceptors (Lipinski definition) is 2. The van der Waals surface area contributed by atoms with Crippen molar-refractivity contribution in [1.82, 2.24) is 4.98 Å². The Labute approximate surface area is 108 Å². The van der Waals surface area contributed by atoms with Crippen molar-refractivity contribution in [3.05, 3.63) is 53.2 Å². The van der Waals surface area contributed by atoms with Crippen LogP contribution in [0.4, 0.5) is 5.69 Å². The number of nitrogens with two attached hydrogens (primary N) is 1. The summed E-state index contributed by atoms with van der Waals surface area (Å²) in [5, 5.41) is 0. The highest BCUT2D eigenvalue weighted by molar-refractivity contribution is 5.66. The monoisotopic (exact) mass is 238 g/mol. The average Bonchev–Trinajstić information content (AvgIpc) is 2.32. The number of aryl methyl sites for hydroxylation is 1. The highest BCUT2D eigenvalue weighted by atomic mass is 14.7. The normalized spacial score (nSPS) is 10.2. The molecule has 2 N–H and O–H groups in total. The Kier molecular flexibility index (Phi) is 3.47. The molecular formula is C16H18N2. The molecule has 0 bridgehead atoms. The van der Waals surface area contributed by atoms with Gasteiger partial charge in [-0.05, 0) is 50.1 Å². The average molecular weight is 238 g/mol. The van der Waals surface area contributed by atoms with Gasteiger partial charge in [0.05, 0.1) is 17.6 Å². The third-order valence-corrected chi connectivity index (χ3v) is 2.80. The summed E-state index contributed by atoms with van der Waals surface area (Å²) in [5.41, 5.74) is 12.2. The summed E-state index contributed by atoms with van der Waals surface area (Å²) in [6.45, 7) is 6.33. The molecule has 0 saturated heterocycles. The van der Waals surface area contributed by atoms with Crippen molar-refractivity contribution in [3.63, 3.8) is 0 Å². The molecule has 1 heterocycles. The van der Waals surface area contributed by atoms with Gasteiger partial charge in [0.1, 0.15) is 0 Å². The molecule has 2 aromatic rings. The molecule has 2 heteroatoms. The largest absolute Gasteiger partial charge is 0.397 e. The summed E-state index contributed by atoms with van der Waals surface area (Å²) < 4.78 is 0. The number of allylic oxidation sites excluding steroid dienone is 1. The van der Waals surface area contributed by atoms with E-state index in [2.05, 4.69) is 50.0 Å². The van der Waals surface area contributed by atoms with E-state index in [9.17, 15) is 0 Å². The first-order chi connectivity index (χ1) is 8.56. The van der Waals surface area contributed by atoms with Gasteiger partial charge in [-0.2, -0.15) is 0 Å². The minimum absolute atomic E-state index is 0.691. The molecule has 0 amide bonds. The van der Waals surface area contributed by atoms with Gasteiger partial charge in [0.25, 0.3) is 0 Å². The number of rotatable bonds is 2. The summed E-state index contributed by atoms with van der Waals surface area (Å²) in [7, 11) is 0. The first-order valence-corrected chi connectivity index (χ1v) is 6.04. The van der Waals surface area contributed by atoms with Crippen LogP contribution in [0.5, 0.6) is 0 Å². The van der Waals surface area contributed by atoms with Crippen molar-refractivity contribution in [2.75, 3.05) is 5.73 Å². The second kappa shape index (κ2) is 5.05. The van der Waals surface area contributed by atoms with Crippen LogP contribution in [0.3, 0.4) is 0 Å². The van der Waals surface area contributed by atoms with E-state index in [1.165, 1.54) is 16.7 Å². The molecule has 0 aliphatic heterocycles. The first kappa shape index (κ1) is 12.4. The third-order valence-electron chi connectivity index (χ3n) is 2.80. The van der Waals surface area contributed by atoms with Crippen LogP contribution in [0.15, 0.2) is 42.1 Å². The number of aromatic nitrogens is 1. The van der Waals surface area contributed by atoms with Gasteiger partial charge in [-0.15, -0.1) is 0 Å². The minimum Gasteiger partial charge on any atom is -0.397 e. The van der Waals surface area contributed by atoms with Crippen LogP contribution in [0.1, 0.15) is 25.0 Å². The fourth-order valence-electron chi connectivity index (χ4n) is 1.88. The molecule has 1 aromatic carbocycles. The number of anilines is 1. The van der Waals surface area contributed by atoms with E-state index in [1.807, 2.05) is 12.1 Å². The molecule has 18 heavy (non-hydrogen) atoms. The standard InChI is InChI=1S/C16H18N2/c1-11(2)8-13-4-5-14(9-12(13)3)16-7-6-15(17)10-18-16/h4-10H,17H2,1-3H3. The van der Waals surface area contributed by atoms with E-state index >= 15 is 0 Å². The van der Waals surface area contributed by atoms with E-state index in [4.69, 9.17) is 5.73 Å². The SMILES string of the molecule is CC(C)=Cc1ccc(-c2ccc(N)cn2)cc1C. The number of benzene rings is 1. The van der Waals surface area contributed by atoms with E-state index in [0.29, 0.717) is 5.69 Å². The van der Waals surface area contributed by atoms with E-state index in [0.717, 1.165) is 11.3 Å². The molecule has 2 nitrogen and oxygen atoms in total. The number of hydrogen-bond donors (Lipinski definition) is 1. The van der Waals surface area contributed by atoms with Gasteiger partial charge in [-0.1, -0.05) is 23.8 Å². The molecule has 0 radical (unpaired) electrons. The highest BCUT2D eigenvalue weighted by Crippen LogP contribution is 2.22. The predicted molar refractivity (Wildman–Crippen MR) is 78.1 cm³/mol. The smallest absolute Gasteiger partial charge is 0.0703 e. The highest BCUT2D eigenvalue weighted by Gasteiger charge is 2.02. The number of nitrogen functional groups attached to an aromatic ring is 1. The Morgan fingerprint density at radius 3 is 2.50 bits per heavy atom. The Hall–Kier alpha value is -2.09. The Morgan fingerprint density at radius 2 is 1.94 bits per heavy atom. The molecule has 2 rings (SSSR count). The van der Waals surface area contributed by atoms with Crippen molar-refractivity contribution < 1.29 is 0 Å². The van der Waals surface area contributed by atoms with Crippen LogP contribution in [0, 0.1) is 6.92 Å². The quantitative estimate of drug-likeness (QED) is 0.856. The second-order valence-corrected chi connectivity index (χ2v) is 4.77. The Balaban J connectivity index is 2.40. The fraction of sp³-hybridized carbons (Fsp3) is 0.188. The summed E-state index contributed by atoms with van der Waals surface area (Å²) in [6.07, 6.45) is 3.88. The topological polar surface area (TPSA) is 38.9 Å². The molecule has 0 spiro atoms. The van der Waals surface area contributed by atoms with Crippen LogP contribution in [-0.2, 0) is 0 Å². The molecule has 0 fully saturated rings. The van der Waals surface area contributed by atoms with Crippen molar-refractivity contribution >= 4 is 11.8 Å². The Bertz CT molecular complexity index is 577. The lowest BCUT2D eigenvalue weighted by atomic mass is 10.0. The van der Waals surface area contributed by atoms with Gasteiger partial charge >= 0.3 is 0 Å². The summed E-state index contributed by atoms with van der Waals surface area (Å²) in [5.74, 6) is 0. The maximum absolute atomic E-state index is 5.64. The molecule has 0 aliphatic carbocycles. The van der Waals surface area contributed by atoms with Gasteiger partial charge in [-0.3, -0.25) is 4.98 Å². The maximum atomic E-state index is 5.64. The lowest BCUT2D eigenvalue weighted by Crippen LogP contribution is -1.89. The third kappa shape index (κ3) is 2.77. The Morgan fingerprint density at radius 1 is 1.17 bits per heavy atom. The van der Waals surface area contributed by atoms with Crippen molar-refractivity contribution in [1.29, 1.82) is 0 Å². The zero-order valence-corrected chi connectivity index (χ0v) is 11.1. The first-order valence-electron chi connectivity index (χ1n) is 6.04. The van der Waals surface area contributed by atoms with Crippen molar-refractivity contribution in [3.8, 4) is 11.3 Å². The van der Waals surface area contributed by atoms with Crippen LogP contribution in [0.2, 0.25) is 0 Å². The molecule has 1 aromatic heterocycles. The van der Waals surface area contributed by atoms with Crippen LogP contribution < -0.4 is 5.73 Å². The van der Waals surface area contributed by atoms with E-state index in [1.54, 1.807) is 6.20 Å². The molecule has 0 unspecified atom stereocenters. The van der Waals surface area contributed by atoms with Gasteiger partial charge in [0, 0.05) is 5.56 Å². The van der Waals surface area contributed by atoms with E-state index in [-0.39, 0.29) is 0 Å². The number of nitrogens with zero attached hydrogens (tertiary/aromatic N) is 1. The lowest BCUT2D eigenvalue weighted by Gasteiger charge is -2.06. The van der Waals surface area contributed by atoms with Gasteiger partial charge in [-0.25, -0.2) is 0 Å². The maximum Gasteiger partial charge on any atom is 0.0703 e. The summed E-state index contributed by atoms with van der Waals surface area (Å²) >= 11 is 0. The van der Waals surface area contributed by atoms with Crippen molar-refractivity contribution in [2.45, 2.75) is 20.8 Å².